The van der Waals surface area contributed by atoms with Crippen LogP contribution in [0.25, 0.3) is 0 Å². The first-order valence-electron chi connectivity index (χ1n) is 8.69. The molecule has 0 aliphatic heterocycles. The van der Waals surface area contributed by atoms with Crippen molar-refractivity contribution >= 4 is 23.1 Å². The maximum absolute atomic E-state index is 13.2. The number of nitrogens with zero attached hydrogens (tertiary/aromatic N) is 2. The van der Waals surface area contributed by atoms with E-state index in [0.717, 1.165) is 16.9 Å². The predicted molar refractivity (Wildman–Crippen MR) is 114 cm³/mol. The van der Waals surface area contributed by atoms with E-state index < -0.39 is 0 Å². The maximum Gasteiger partial charge on any atom is 0.180 e. The highest BCUT2D eigenvalue weighted by molar-refractivity contribution is 8.13. The Morgan fingerprint density at radius 1 is 0.964 bits per heavy atom. The molecule has 0 atom stereocenters. The summed E-state index contributed by atoms with van der Waals surface area (Å²) in [5, 5.41) is 8.48. The van der Waals surface area contributed by atoms with E-state index in [1.54, 1.807) is 18.3 Å². The van der Waals surface area contributed by atoms with E-state index >= 15 is 0 Å². The Morgan fingerprint density at radius 3 is 2.57 bits per heavy atom. The molecule has 6 heteroatoms. The molecule has 0 bridgehead atoms. The van der Waals surface area contributed by atoms with Crippen molar-refractivity contribution in [3.8, 4) is 5.75 Å². The van der Waals surface area contributed by atoms with Gasteiger partial charge in [0.15, 0.2) is 5.17 Å². The molecule has 28 heavy (non-hydrogen) atoms. The molecule has 0 aliphatic rings. The van der Waals surface area contributed by atoms with Crippen LogP contribution in [0.15, 0.2) is 89.1 Å². The van der Waals surface area contributed by atoms with Gasteiger partial charge in [-0.25, -0.2) is 4.39 Å². The molecule has 0 aromatic heterocycles. The Hall–Kier alpha value is -3.12. The molecule has 0 saturated heterocycles. The first kappa shape index (κ1) is 19.6. The highest BCUT2D eigenvalue weighted by Gasteiger charge is 1.99. The van der Waals surface area contributed by atoms with E-state index in [9.17, 15) is 4.39 Å². The summed E-state index contributed by atoms with van der Waals surface area (Å²) in [7, 11) is 0. The van der Waals surface area contributed by atoms with E-state index in [4.69, 9.17) is 10.5 Å². The van der Waals surface area contributed by atoms with Gasteiger partial charge in [-0.3, -0.25) is 0 Å². The van der Waals surface area contributed by atoms with E-state index in [0.29, 0.717) is 17.5 Å². The van der Waals surface area contributed by atoms with Crippen LogP contribution in [-0.4, -0.2) is 11.4 Å². The molecule has 3 rings (SSSR count). The lowest BCUT2D eigenvalue weighted by Crippen LogP contribution is -2.06. The largest absolute Gasteiger partial charge is 0.489 e. The number of nitrogens with two attached hydrogens (primary N) is 1. The second-order valence-corrected chi connectivity index (χ2v) is 6.94. The number of thioether (sulfide) groups is 1. The smallest absolute Gasteiger partial charge is 0.180 e. The van der Waals surface area contributed by atoms with Gasteiger partial charge in [0.1, 0.15) is 18.2 Å². The van der Waals surface area contributed by atoms with E-state index in [-0.39, 0.29) is 5.82 Å². The van der Waals surface area contributed by atoms with Crippen LogP contribution in [0, 0.1) is 5.82 Å². The number of ether oxygens (including phenoxy) is 1. The van der Waals surface area contributed by atoms with Gasteiger partial charge in [-0.2, -0.15) is 5.10 Å². The highest BCUT2D eigenvalue weighted by atomic mass is 32.2. The summed E-state index contributed by atoms with van der Waals surface area (Å²) in [5.74, 6) is 0.921. The van der Waals surface area contributed by atoms with Gasteiger partial charge in [-0.05, 0) is 34.9 Å². The number of hydrogen-bond donors (Lipinski definition) is 1. The summed E-state index contributed by atoms with van der Waals surface area (Å²) in [6.45, 7) is 0.337. The zero-order chi connectivity index (χ0) is 19.6. The van der Waals surface area contributed by atoms with Crippen molar-refractivity contribution in [2.24, 2.45) is 15.9 Å². The van der Waals surface area contributed by atoms with Gasteiger partial charge >= 0.3 is 0 Å². The fourth-order valence-electron chi connectivity index (χ4n) is 2.40. The molecule has 0 spiro atoms. The molecule has 0 radical (unpaired) electrons. The van der Waals surface area contributed by atoms with Crippen molar-refractivity contribution in [1.29, 1.82) is 0 Å². The Kier molecular flexibility index (Phi) is 7.21. The van der Waals surface area contributed by atoms with Crippen LogP contribution in [0.4, 0.5) is 4.39 Å². The second kappa shape index (κ2) is 10.3. The van der Waals surface area contributed by atoms with Gasteiger partial charge < -0.3 is 10.5 Å². The van der Waals surface area contributed by atoms with Gasteiger partial charge in [-0.15, -0.1) is 5.10 Å². The third-order valence-electron chi connectivity index (χ3n) is 3.75. The molecule has 0 heterocycles. The molecule has 2 N–H and O–H groups in total. The third-order valence-corrected chi connectivity index (χ3v) is 4.60. The van der Waals surface area contributed by atoms with Crippen molar-refractivity contribution in [2.75, 3.05) is 0 Å². The van der Waals surface area contributed by atoms with E-state index in [1.807, 2.05) is 54.6 Å². The summed E-state index contributed by atoms with van der Waals surface area (Å²) in [5.41, 5.74) is 8.90. The quantitative estimate of drug-likeness (QED) is 0.350. The monoisotopic (exact) mass is 393 g/mol. The standard InChI is InChI=1S/C22H20FN3OS/c23-20-10-5-11-21(13-20)27-15-19-9-4-8-18(12-19)14-25-26-22(24)28-16-17-6-2-1-3-7-17/h1-14H,15-16H2,(H2,24,26). The number of rotatable bonds is 7. The Labute approximate surface area is 168 Å². The molecule has 142 valence electrons. The van der Waals surface area contributed by atoms with Gasteiger partial charge in [-0.1, -0.05) is 66.4 Å². The first-order valence-corrected chi connectivity index (χ1v) is 9.68. The molecule has 0 unspecified atom stereocenters. The van der Waals surface area contributed by atoms with Crippen LogP contribution in [-0.2, 0) is 12.4 Å². The lowest BCUT2D eigenvalue weighted by Gasteiger charge is -2.06. The minimum absolute atomic E-state index is 0.320. The van der Waals surface area contributed by atoms with Crippen LogP contribution in [0.1, 0.15) is 16.7 Å². The van der Waals surface area contributed by atoms with Crippen molar-refractivity contribution in [3.63, 3.8) is 0 Å². The van der Waals surface area contributed by atoms with Crippen LogP contribution in [0.5, 0.6) is 5.75 Å². The predicted octanol–water partition coefficient (Wildman–Crippen LogP) is 4.99. The zero-order valence-electron chi connectivity index (χ0n) is 15.2. The molecule has 0 amide bonds. The Bertz CT molecular complexity index is 961. The number of hydrogen-bond acceptors (Lipinski definition) is 4. The first-order chi connectivity index (χ1) is 13.7. The normalized spacial score (nSPS) is 11.7. The summed E-state index contributed by atoms with van der Waals surface area (Å²) in [6.07, 6.45) is 1.64. The average molecular weight is 393 g/mol. The molecule has 0 saturated carbocycles. The molecular formula is C22H20FN3OS. The van der Waals surface area contributed by atoms with Gasteiger partial charge in [0, 0.05) is 11.8 Å². The minimum atomic E-state index is -0.320. The van der Waals surface area contributed by atoms with Crippen molar-refractivity contribution in [2.45, 2.75) is 12.4 Å². The number of halogens is 1. The summed E-state index contributed by atoms with van der Waals surface area (Å²) in [6, 6.07) is 23.8. The molecule has 3 aromatic carbocycles. The van der Waals surface area contributed by atoms with Crippen LogP contribution < -0.4 is 10.5 Å². The number of benzene rings is 3. The van der Waals surface area contributed by atoms with Gasteiger partial charge in [0.05, 0.1) is 6.21 Å². The van der Waals surface area contributed by atoms with Crippen molar-refractivity contribution in [3.05, 3.63) is 101 Å². The highest BCUT2D eigenvalue weighted by Crippen LogP contribution is 2.15. The lowest BCUT2D eigenvalue weighted by molar-refractivity contribution is 0.304. The topological polar surface area (TPSA) is 60.0 Å². The van der Waals surface area contributed by atoms with Gasteiger partial charge in [0.2, 0.25) is 0 Å². The molecule has 4 nitrogen and oxygen atoms in total. The zero-order valence-corrected chi connectivity index (χ0v) is 16.0. The molecule has 0 aliphatic carbocycles. The summed E-state index contributed by atoms with van der Waals surface area (Å²) in [4.78, 5) is 0. The maximum atomic E-state index is 13.2. The van der Waals surface area contributed by atoms with Crippen LogP contribution >= 0.6 is 11.8 Å². The summed E-state index contributed by atoms with van der Waals surface area (Å²) >= 11 is 1.44. The Morgan fingerprint density at radius 2 is 1.75 bits per heavy atom. The average Bonchev–Trinajstić information content (AvgIpc) is 2.72. The minimum Gasteiger partial charge on any atom is -0.489 e. The second-order valence-electron chi connectivity index (χ2n) is 5.95. The van der Waals surface area contributed by atoms with Gasteiger partial charge in [0.25, 0.3) is 0 Å². The lowest BCUT2D eigenvalue weighted by atomic mass is 10.1. The fourth-order valence-corrected chi connectivity index (χ4v) is 3.01. The van der Waals surface area contributed by atoms with Crippen LogP contribution in [0.2, 0.25) is 0 Å². The van der Waals surface area contributed by atoms with Crippen LogP contribution in [0.3, 0.4) is 0 Å². The SMILES string of the molecule is NC(=NN=Cc1cccc(COc2cccc(F)c2)c1)SCc1ccccc1. The van der Waals surface area contributed by atoms with Crippen molar-refractivity contribution in [1.82, 2.24) is 0 Å². The number of amidine groups is 1. The molecular weight excluding hydrogens is 373 g/mol. The van der Waals surface area contributed by atoms with E-state index in [1.165, 1.54) is 29.5 Å². The fraction of sp³-hybridized carbons (Fsp3) is 0.0909. The van der Waals surface area contributed by atoms with Crippen molar-refractivity contribution < 1.29 is 9.13 Å². The molecule has 0 fully saturated rings. The third kappa shape index (κ3) is 6.55. The van der Waals surface area contributed by atoms with E-state index in [2.05, 4.69) is 10.2 Å². The summed E-state index contributed by atoms with van der Waals surface area (Å²) < 4.78 is 18.8. The molecule has 3 aromatic rings. The Balaban J connectivity index is 1.53.